The fraction of sp³-hybridized carbons (Fsp3) is 0.533. The van der Waals surface area contributed by atoms with Crippen LogP contribution in [0.3, 0.4) is 0 Å². The maximum Gasteiger partial charge on any atom is 0.303 e. The summed E-state index contributed by atoms with van der Waals surface area (Å²) in [6.07, 6.45) is 4.43. The maximum absolute atomic E-state index is 10.6. The molecule has 0 aromatic carbocycles. The van der Waals surface area contributed by atoms with E-state index >= 15 is 0 Å². The van der Waals surface area contributed by atoms with Crippen LogP contribution in [-0.2, 0) is 4.79 Å². The Morgan fingerprint density at radius 2 is 2.30 bits per heavy atom. The molecule has 0 bridgehead atoms. The van der Waals surface area contributed by atoms with Gasteiger partial charge in [-0.25, -0.2) is 4.98 Å². The predicted octanol–water partition coefficient (Wildman–Crippen LogP) is 2.95. The van der Waals surface area contributed by atoms with Crippen molar-refractivity contribution >= 4 is 11.8 Å². The van der Waals surface area contributed by atoms with Crippen LogP contribution in [0.5, 0.6) is 0 Å². The molecule has 1 aromatic rings. The van der Waals surface area contributed by atoms with E-state index in [0.717, 1.165) is 18.4 Å². The van der Waals surface area contributed by atoms with Crippen LogP contribution < -0.4 is 5.32 Å². The summed E-state index contributed by atoms with van der Waals surface area (Å²) in [7, 11) is 0. The van der Waals surface area contributed by atoms with Crippen LogP contribution in [-0.4, -0.2) is 22.6 Å². The summed E-state index contributed by atoms with van der Waals surface area (Å²) >= 11 is 0. The molecule has 5 heteroatoms. The van der Waals surface area contributed by atoms with E-state index in [2.05, 4.69) is 23.3 Å². The van der Waals surface area contributed by atoms with Crippen molar-refractivity contribution in [2.75, 3.05) is 11.9 Å². The average molecular weight is 275 g/mol. The molecule has 0 radical (unpaired) electrons. The summed E-state index contributed by atoms with van der Waals surface area (Å²) < 4.78 is 0. The molecular formula is C15H21N3O2. The predicted molar refractivity (Wildman–Crippen MR) is 77.4 cm³/mol. The van der Waals surface area contributed by atoms with Gasteiger partial charge in [0.2, 0.25) is 0 Å². The number of pyridine rings is 1. The number of carboxylic acids is 1. The SMILES string of the molecule is CCC(CCNc1nccc(C)c1C#N)CCC(=O)O. The monoisotopic (exact) mass is 275 g/mol. The molecule has 0 saturated heterocycles. The van der Waals surface area contributed by atoms with E-state index in [1.165, 1.54) is 0 Å². The molecule has 1 atom stereocenters. The number of hydrogen-bond acceptors (Lipinski definition) is 4. The number of aliphatic carboxylic acids is 1. The van der Waals surface area contributed by atoms with Gasteiger partial charge in [-0.05, 0) is 37.3 Å². The molecule has 1 heterocycles. The Labute approximate surface area is 119 Å². The Balaban J connectivity index is 2.49. The van der Waals surface area contributed by atoms with Crippen molar-refractivity contribution in [3.8, 4) is 6.07 Å². The van der Waals surface area contributed by atoms with Crippen LogP contribution in [0.25, 0.3) is 0 Å². The van der Waals surface area contributed by atoms with Crippen molar-refractivity contribution in [1.29, 1.82) is 5.26 Å². The van der Waals surface area contributed by atoms with Gasteiger partial charge in [0.25, 0.3) is 0 Å². The van der Waals surface area contributed by atoms with E-state index in [4.69, 9.17) is 10.4 Å². The van der Waals surface area contributed by atoms with Gasteiger partial charge in [0.15, 0.2) is 0 Å². The first kappa shape index (κ1) is 16.0. The molecule has 0 fully saturated rings. The minimum atomic E-state index is -0.747. The Morgan fingerprint density at radius 3 is 2.90 bits per heavy atom. The molecular weight excluding hydrogens is 254 g/mol. The number of anilines is 1. The van der Waals surface area contributed by atoms with Gasteiger partial charge in [0, 0.05) is 19.2 Å². The number of hydrogen-bond donors (Lipinski definition) is 2. The summed E-state index contributed by atoms with van der Waals surface area (Å²) in [5.74, 6) is 0.248. The van der Waals surface area contributed by atoms with Gasteiger partial charge in [-0.1, -0.05) is 13.3 Å². The molecule has 1 unspecified atom stereocenters. The third-order valence-electron chi connectivity index (χ3n) is 3.46. The highest BCUT2D eigenvalue weighted by atomic mass is 16.4. The Kier molecular flexibility index (Phi) is 6.51. The van der Waals surface area contributed by atoms with Crippen LogP contribution in [0.2, 0.25) is 0 Å². The van der Waals surface area contributed by atoms with Crippen LogP contribution in [0.1, 0.15) is 43.7 Å². The molecule has 0 amide bonds. The number of carbonyl (C=O) groups is 1. The number of rotatable bonds is 8. The van der Waals surface area contributed by atoms with Crippen molar-refractivity contribution in [3.05, 3.63) is 23.4 Å². The number of nitriles is 1. The minimum absolute atomic E-state index is 0.213. The lowest BCUT2D eigenvalue weighted by atomic mass is 9.96. The second kappa shape index (κ2) is 8.16. The third-order valence-corrected chi connectivity index (χ3v) is 3.46. The van der Waals surface area contributed by atoms with Crippen LogP contribution in [0.4, 0.5) is 5.82 Å². The lowest BCUT2D eigenvalue weighted by Gasteiger charge is -2.15. The van der Waals surface area contributed by atoms with Crippen molar-refractivity contribution in [3.63, 3.8) is 0 Å². The summed E-state index contributed by atoms with van der Waals surface area (Å²) in [5.41, 5.74) is 1.48. The van der Waals surface area contributed by atoms with E-state index in [9.17, 15) is 4.79 Å². The van der Waals surface area contributed by atoms with Gasteiger partial charge < -0.3 is 10.4 Å². The minimum Gasteiger partial charge on any atom is -0.481 e. The zero-order chi connectivity index (χ0) is 15.0. The first-order chi connectivity index (χ1) is 9.58. The molecule has 0 aliphatic carbocycles. The fourth-order valence-corrected chi connectivity index (χ4v) is 2.11. The van der Waals surface area contributed by atoms with Gasteiger partial charge in [0.1, 0.15) is 11.9 Å². The van der Waals surface area contributed by atoms with Crippen LogP contribution in [0, 0.1) is 24.2 Å². The highest BCUT2D eigenvalue weighted by molar-refractivity contribution is 5.66. The summed E-state index contributed by atoms with van der Waals surface area (Å²) in [6, 6.07) is 3.96. The molecule has 20 heavy (non-hydrogen) atoms. The maximum atomic E-state index is 10.6. The summed E-state index contributed by atoms with van der Waals surface area (Å²) in [4.78, 5) is 14.8. The van der Waals surface area contributed by atoms with E-state index in [-0.39, 0.29) is 6.42 Å². The molecule has 0 aliphatic heterocycles. The molecule has 2 N–H and O–H groups in total. The number of aryl methyl sites for hydroxylation is 1. The Morgan fingerprint density at radius 1 is 1.55 bits per heavy atom. The van der Waals surface area contributed by atoms with Crippen molar-refractivity contribution in [2.45, 2.75) is 39.5 Å². The third kappa shape index (κ3) is 4.88. The zero-order valence-electron chi connectivity index (χ0n) is 12.0. The molecule has 5 nitrogen and oxygen atoms in total. The molecule has 0 aliphatic rings. The first-order valence-corrected chi connectivity index (χ1v) is 6.89. The van der Waals surface area contributed by atoms with Crippen LogP contribution >= 0.6 is 0 Å². The van der Waals surface area contributed by atoms with Crippen LogP contribution in [0.15, 0.2) is 12.3 Å². The number of aromatic nitrogens is 1. The second-order valence-electron chi connectivity index (χ2n) is 4.89. The standard InChI is InChI=1S/C15H21N3O2/c1-3-12(4-5-14(19)20)7-9-18-15-13(10-16)11(2)6-8-17-15/h6,8,12H,3-5,7,9H2,1-2H3,(H,17,18)(H,19,20). The molecule has 1 aromatic heterocycles. The normalized spacial score (nSPS) is 11.7. The Hall–Kier alpha value is -2.09. The van der Waals surface area contributed by atoms with Crippen molar-refractivity contribution < 1.29 is 9.90 Å². The van der Waals surface area contributed by atoms with E-state index < -0.39 is 5.97 Å². The van der Waals surface area contributed by atoms with E-state index in [1.807, 2.05) is 13.0 Å². The zero-order valence-corrected chi connectivity index (χ0v) is 12.0. The number of carboxylic acid groups (broad SMARTS) is 1. The summed E-state index contributed by atoms with van der Waals surface area (Å²) in [6.45, 7) is 4.65. The molecule has 1 rings (SSSR count). The molecule has 0 saturated carbocycles. The number of nitrogens with one attached hydrogen (secondary N) is 1. The largest absolute Gasteiger partial charge is 0.481 e. The van der Waals surface area contributed by atoms with Gasteiger partial charge in [-0.15, -0.1) is 0 Å². The van der Waals surface area contributed by atoms with Gasteiger partial charge in [-0.3, -0.25) is 4.79 Å². The molecule has 0 spiro atoms. The average Bonchev–Trinajstić information content (AvgIpc) is 2.42. The highest BCUT2D eigenvalue weighted by Crippen LogP contribution is 2.18. The highest BCUT2D eigenvalue weighted by Gasteiger charge is 2.10. The van der Waals surface area contributed by atoms with Gasteiger partial charge in [-0.2, -0.15) is 5.26 Å². The van der Waals surface area contributed by atoms with Gasteiger partial charge in [0.05, 0.1) is 5.56 Å². The topological polar surface area (TPSA) is 86.0 Å². The Bertz CT molecular complexity index is 494. The van der Waals surface area contributed by atoms with E-state index in [1.54, 1.807) is 6.20 Å². The molecule has 108 valence electrons. The number of nitrogens with zero attached hydrogens (tertiary/aromatic N) is 2. The van der Waals surface area contributed by atoms with E-state index in [0.29, 0.717) is 30.3 Å². The smallest absolute Gasteiger partial charge is 0.303 e. The quantitative estimate of drug-likeness (QED) is 0.761. The second-order valence-corrected chi connectivity index (χ2v) is 4.89. The lowest BCUT2D eigenvalue weighted by Crippen LogP contribution is -2.12. The van der Waals surface area contributed by atoms with Gasteiger partial charge >= 0.3 is 5.97 Å². The first-order valence-electron chi connectivity index (χ1n) is 6.89. The van der Waals surface area contributed by atoms with Crippen molar-refractivity contribution in [1.82, 2.24) is 4.98 Å². The fourth-order valence-electron chi connectivity index (χ4n) is 2.11. The lowest BCUT2D eigenvalue weighted by molar-refractivity contribution is -0.137. The van der Waals surface area contributed by atoms with Crippen molar-refractivity contribution in [2.24, 2.45) is 5.92 Å². The summed E-state index contributed by atoms with van der Waals surface area (Å²) in [5, 5.41) is 21.0.